The molecule has 2 heterocycles. The number of benzene rings is 7. The minimum Gasteiger partial charge on any atom is -0.309 e. The first-order chi connectivity index (χ1) is 26.7. The minimum atomic E-state index is -4.46. The van der Waals surface area contributed by atoms with Gasteiger partial charge in [-0.05, 0) is 78.1 Å². The summed E-state index contributed by atoms with van der Waals surface area (Å²) in [4.78, 5) is 15.0. The van der Waals surface area contributed by atoms with Gasteiger partial charge in [-0.15, -0.1) is 0 Å². The Hall–Kier alpha value is -6.86. The molecular formula is C48H33F3N4. The topological polar surface area (TPSA) is 43.6 Å². The first kappa shape index (κ1) is 33.9. The van der Waals surface area contributed by atoms with E-state index in [1.54, 1.807) is 0 Å². The van der Waals surface area contributed by atoms with Crippen LogP contribution in [0.4, 0.5) is 13.2 Å². The quantitative estimate of drug-likeness (QED) is 0.172. The zero-order valence-electron chi connectivity index (χ0n) is 30.0. The summed E-state index contributed by atoms with van der Waals surface area (Å²) in [6.45, 7) is 4.23. The average molecular weight is 723 g/mol. The van der Waals surface area contributed by atoms with Crippen LogP contribution in [-0.4, -0.2) is 19.5 Å². The second-order valence-corrected chi connectivity index (χ2v) is 13.7. The molecule has 9 rings (SSSR count). The molecule has 0 aliphatic carbocycles. The SMILES string of the molecule is Cc1ccc(-c2ccc3c4ccccc4n(-c4ccc(-c5ccc(C(F)(F)F)cc5)c(-c5nc(-c6ccccc6)nc(-c6ccccc6)n5)c4)c3c2)c(C)c1. The van der Waals surface area contributed by atoms with Gasteiger partial charge in [-0.25, -0.2) is 15.0 Å². The summed E-state index contributed by atoms with van der Waals surface area (Å²) >= 11 is 0. The molecule has 266 valence electrons. The van der Waals surface area contributed by atoms with Crippen LogP contribution >= 0.6 is 0 Å². The summed E-state index contributed by atoms with van der Waals surface area (Å²) in [5, 5.41) is 2.21. The Morgan fingerprint density at radius 2 is 1.02 bits per heavy atom. The zero-order chi connectivity index (χ0) is 37.7. The van der Waals surface area contributed by atoms with E-state index in [0.29, 0.717) is 34.2 Å². The molecule has 7 heteroatoms. The fraction of sp³-hybridized carbons (Fsp3) is 0.0625. The smallest absolute Gasteiger partial charge is 0.309 e. The van der Waals surface area contributed by atoms with Gasteiger partial charge in [-0.3, -0.25) is 0 Å². The number of fused-ring (bicyclic) bond motifs is 3. The predicted octanol–water partition coefficient (Wildman–Crippen LogP) is 12.9. The number of aromatic nitrogens is 4. The number of nitrogens with zero attached hydrogens (tertiary/aromatic N) is 4. The highest BCUT2D eigenvalue weighted by Crippen LogP contribution is 2.40. The Labute approximate surface area is 316 Å². The molecule has 2 aromatic heterocycles. The van der Waals surface area contributed by atoms with E-state index in [0.717, 1.165) is 61.9 Å². The van der Waals surface area contributed by atoms with Gasteiger partial charge >= 0.3 is 6.18 Å². The maximum absolute atomic E-state index is 13.7. The molecule has 0 unspecified atom stereocenters. The fourth-order valence-electron chi connectivity index (χ4n) is 7.43. The molecule has 0 radical (unpaired) electrons. The van der Waals surface area contributed by atoms with E-state index in [1.165, 1.54) is 23.3 Å². The third kappa shape index (κ3) is 6.33. The summed E-state index contributed by atoms with van der Waals surface area (Å²) in [6, 6.07) is 52.1. The molecule has 0 spiro atoms. The van der Waals surface area contributed by atoms with Crippen LogP contribution in [0.2, 0.25) is 0 Å². The Bertz CT molecular complexity index is 2800. The Balaban J connectivity index is 1.32. The highest BCUT2D eigenvalue weighted by atomic mass is 19.4. The summed E-state index contributed by atoms with van der Waals surface area (Å²) in [6.07, 6.45) is -4.46. The number of rotatable bonds is 6. The van der Waals surface area contributed by atoms with Gasteiger partial charge in [0.05, 0.1) is 16.6 Å². The van der Waals surface area contributed by atoms with Crippen LogP contribution in [0, 0.1) is 13.8 Å². The Morgan fingerprint density at radius 3 is 1.67 bits per heavy atom. The molecule has 0 bridgehead atoms. The standard InChI is InChI=1S/C48H33F3N4/c1-30-17-24-38(31(2)27-30)35-20-25-41-40-15-9-10-16-43(40)55(44(41)28-35)37-23-26-39(32-18-21-36(22-19-32)48(49,50)51)42(29-37)47-53-45(33-11-5-3-6-12-33)52-46(54-47)34-13-7-4-8-14-34/h3-29H,1-2H3. The van der Waals surface area contributed by atoms with Crippen molar-refractivity contribution in [1.29, 1.82) is 0 Å². The van der Waals surface area contributed by atoms with Crippen molar-refractivity contribution < 1.29 is 13.2 Å². The summed E-state index contributed by atoms with van der Waals surface area (Å²) in [5.41, 5.74) is 10.5. The van der Waals surface area contributed by atoms with E-state index in [1.807, 2.05) is 91.0 Å². The average Bonchev–Trinajstić information content (AvgIpc) is 3.54. The van der Waals surface area contributed by atoms with Gasteiger partial charge < -0.3 is 4.57 Å². The van der Waals surface area contributed by atoms with Crippen molar-refractivity contribution in [3.63, 3.8) is 0 Å². The van der Waals surface area contributed by atoms with Crippen LogP contribution < -0.4 is 0 Å². The Morgan fingerprint density at radius 1 is 0.436 bits per heavy atom. The van der Waals surface area contributed by atoms with Crippen LogP contribution in [0.3, 0.4) is 0 Å². The predicted molar refractivity (Wildman–Crippen MR) is 216 cm³/mol. The molecule has 9 aromatic rings. The van der Waals surface area contributed by atoms with Crippen molar-refractivity contribution in [1.82, 2.24) is 19.5 Å². The van der Waals surface area contributed by atoms with Crippen molar-refractivity contribution >= 4 is 21.8 Å². The van der Waals surface area contributed by atoms with E-state index in [2.05, 4.69) is 66.9 Å². The molecule has 7 aromatic carbocycles. The molecule has 0 aliphatic rings. The lowest BCUT2D eigenvalue weighted by molar-refractivity contribution is -0.137. The lowest BCUT2D eigenvalue weighted by Crippen LogP contribution is -2.04. The van der Waals surface area contributed by atoms with Gasteiger partial charge in [-0.1, -0.05) is 133 Å². The molecule has 0 N–H and O–H groups in total. The van der Waals surface area contributed by atoms with Crippen LogP contribution in [-0.2, 0) is 6.18 Å². The molecule has 0 amide bonds. The van der Waals surface area contributed by atoms with Crippen LogP contribution in [0.15, 0.2) is 164 Å². The van der Waals surface area contributed by atoms with Gasteiger partial charge in [0.2, 0.25) is 0 Å². The zero-order valence-corrected chi connectivity index (χ0v) is 30.0. The van der Waals surface area contributed by atoms with Crippen molar-refractivity contribution in [3.8, 4) is 62.1 Å². The molecule has 55 heavy (non-hydrogen) atoms. The fourth-order valence-corrected chi connectivity index (χ4v) is 7.43. The maximum Gasteiger partial charge on any atom is 0.416 e. The highest BCUT2D eigenvalue weighted by Gasteiger charge is 2.30. The molecule has 0 fully saturated rings. The molecule has 0 saturated carbocycles. The lowest BCUT2D eigenvalue weighted by atomic mass is 9.96. The second kappa shape index (κ2) is 13.5. The van der Waals surface area contributed by atoms with E-state index < -0.39 is 11.7 Å². The number of halogens is 3. The largest absolute Gasteiger partial charge is 0.416 e. The van der Waals surface area contributed by atoms with Gasteiger partial charge in [0.1, 0.15) is 0 Å². The van der Waals surface area contributed by atoms with Crippen molar-refractivity contribution in [3.05, 3.63) is 180 Å². The highest BCUT2D eigenvalue weighted by molar-refractivity contribution is 6.10. The number of aryl methyl sites for hydroxylation is 2. The van der Waals surface area contributed by atoms with Crippen LogP contribution in [0.5, 0.6) is 0 Å². The third-order valence-electron chi connectivity index (χ3n) is 10.1. The molecular weight excluding hydrogens is 690 g/mol. The maximum atomic E-state index is 13.7. The molecule has 0 saturated heterocycles. The van der Waals surface area contributed by atoms with Crippen molar-refractivity contribution in [2.45, 2.75) is 20.0 Å². The molecule has 0 atom stereocenters. The lowest BCUT2D eigenvalue weighted by Gasteiger charge is -2.16. The van der Waals surface area contributed by atoms with Crippen LogP contribution in [0.1, 0.15) is 16.7 Å². The van der Waals surface area contributed by atoms with E-state index in [-0.39, 0.29) is 0 Å². The van der Waals surface area contributed by atoms with Crippen molar-refractivity contribution in [2.24, 2.45) is 0 Å². The summed E-state index contributed by atoms with van der Waals surface area (Å²) < 4.78 is 43.3. The normalized spacial score (nSPS) is 11.7. The first-order valence-electron chi connectivity index (χ1n) is 18.0. The summed E-state index contributed by atoms with van der Waals surface area (Å²) in [7, 11) is 0. The third-order valence-corrected chi connectivity index (χ3v) is 10.1. The molecule has 0 aliphatic heterocycles. The second-order valence-electron chi connectivity index (χ2n) is 13.7. The number of para-hydroxylation sites is 1. The van der Waals surface area contributed by atoms with Gasteiger partial charge in [-0.2, -0.15) is 13.2 Å². The van der Waals surface area contributed by atoms with Gasteiger partial charge in [0.15, 0.2) is 17.5 Å². The monoisotopic (exact) mass is 722 g/mol. The van der Waals surface area contributed by atoms with Gasteiger partial charge in [0, 0.05) is 33.2 Å². The number of hydrogen-bond donors (Lipinski definition) is 0. The van der Waals surface area contributed by atoms with E-state index in [4.69, 9.17) is 15.0 Å². The molecule has 4 nitrogen and oxygen atoms in total. The number of alkyl halides is 3. The number of hydrogen-bond acceptors (Lipinski definition) is 3. The Kier molecular flexibility index (Phi) is 8.35. The minimum absolute atomic E-state index is 0.404. The van der Waals surface area contributed by atoms with E-state index in [9.17, 15) is 13.2 Å². The van der Waals surface area contributed by atoms with Crippen LogP contribution in [0.25, 0.3) is 83.9 Å². The summed E-state index contributed by atoms with van der Waals surface area (Å²) in [5.74, 6) is 1.38. The first-order valence-corrected chi connectivity index (χ1v) is 18.0. The van der Waals surface area contributed by atoms with Gasteiger partial charge in [0.25, 0.3) is 0 Å². The van der Waals surface area contributed by atoms with E-state index >= 15 is 0 Å². The van der Waals surface area contributed by atoms with Crippen molar-refractivity contribution in [2.75, 3.05) is 0 Å².